The third-order valence-electron chi connectivity index (χ3n) is 5.27. The van der Waals surface area contributed by atoms with Crippen molar-refractivity contribution >= 4 is 23.4 Å². The maximum absolute atomic E-state index is 13.7. The maximum Gasteiger partial charge on any atom is 0.338 e. The first kappa shape index (κ1) is 23.6. The van der Waals surface area contributed by atoms with Crippen LogP contribution in [0.3, 0.4) is 0 Å². The van der Waals surface area contributed by atoms with Gasteiger partial charge >= 0.3 is 5.97 Å². The zero-order valence-electron chi connectivity index (χ0n) is 19.4. The van der Waals surface area contributed by atoms with E-state index in [1.54, 1.807) is 32.1 Å². The molecule has 0 fully saturated rings. The fourth-order valence-corrected chi connectivity index (χ4v) is 4.89. The van der Waals surface area contributed by atoms with Crippen LogP contribution in [0.5, 0.6) is 5.75 Å². The lowest BCUT2D eigenvalue weighted by molar-refractivity contribution is -0.139. The van der Waals surface area contributed by atoms with E-state index in [0.717, 1.165) is 5.56 Å². The molecule has 34 heavy (non-hydrogen) atoms. The number of esters is 1. The molecule has 1 aliphatic rings. The molecule has 3 aromatic rings. The summed E-state index contributed by atoms with van der Waals surface area (Å²) < 4.78 is 26.7. The van der Waals surface area contributed by atoms with Gasteiger partial charge in [0.25, 0.3) is 5.56 Å². The molecule has 176 valence electrons. The molecule has 0 saturated heterocycles. The molecule has 0 N–H and O–H groups in total. The number of hydrogen-bond acceptors (Lipinski definition) is 6. The highest BCUT2D eigenvalue weighted by atomic mass is 32.1. The van der Waals surface area contributed by atoms with Crippen LogP contribution in [0.1, 0.15) is 44.9 Å². The van der Waals surface area contributed by atoms with Gasteiger partial charge in [-0.2, -0.15) is 0 Å². The first-order valence-electron chi connectivity index (χ1n) is 11.0. The van der Waals surface area contributed by atoms with E-state index in [9.17, 15) is 14.0 Å². The Labute approximate surface area is 200 Å². The van der Waals surface area contributed by atoms with Crippen molar-refractivity contribution < 1.29 is 18.7 Å². The van der Waals surface area contributed by atoms with Gasteiger partial charge in [0.2, 0.25) is 0 Å². The lowest BCUT2D eigenvalue weighted by atomic mass is 9.96. The second kappa shape index (κ2) is 9.77. The van der Waals surface area contributed by atoms with Crippen molar-refractivity contribution in [3.8, 4) is 5.75 Å². The average Bonchev–Trinajstić information content (AvgIpc) is 3.09. The predicted octanol–water partition coefficient (Wildman–Crippen LogP) is 3.72. The summed E-state index contributed by atoms with van der Waals surface area (Å²) in [6.07, 6.45) is 1.75. The molecule has 0 aliphatic carbocycles. The van der Waals surface area contributed by atoms with Crippen LogP contribution in [-0.4, -0.2) is 23.2 Å². The van der Waals surface area contributed by atoms with Crippen LogP contribution >= 0.6 is 11.3 Å². The number of aromatic nitrogens is 1. The molecule has 1 atom stereocenters. The van der Waals surface area contributed by atoms with E-state index in [1.807, 2.05) is 38.1 Å². The van der Waals surface area contributed by atoms with E-state index >= 15 is 0 Å². The molecular formula is C26H25FN2O4S. The fourth-order valence-electron chi connectivity index (χ4n) is 3.85. The first-order chi connectivity index (χ1) is 16.3. The number of ether oxygens (including phenoxy) is 2. The number of para-hydroxylation sites is 1. The summed E-state index contributed by atoms with van der Waals surface area (Å²) in [5.74, 6) is -0.291. The second-order valence-corrected chi connectivity index (χ2v) is 9.07. The number of allylic oxidation sites excluding steroid dienone is 1. The fraction of sp³-hybridized carbons (Fsp3) is 0.269. The Bertz CT molecular complexity index is 1430. The van der Waals surface area contributed by atoms with Crippen LogP contribution < -0.4 is 19.6 Å². The summed E-state index contributed by atoms with van der Waals surface area (Å²) in [6, 6.07) is 12.5. The number of carbonyl (C=O) groups is 1. The molecule has 0 amide bonds. The molecule has 0 unspecified atom stereocenters. The number of halogens is 1. The monoisotopic (exact) mass is 480 g/mol. The third-order valence-corrected chi connectivity index (χ3v) is 6.25. The molecule has 2 aromatic carbocycles. The lowest BCUT2D eigenvalue weighted by Gasteiger charge is -2.24. The Hall–Kier alpha value is -3.52. The lowest BCUT2D eigenvalue weighted by Crippen LogP contribution is -2.39. The van der Waals surface area contributed by atoms with Crippen molar-refractivity contribution in [3.63, 3.8) is 0 Å². The molecule has 1 aliphatic heterocycles. The summed E-state index contributed by atoms with van der Waals surface area (Å²) in [7, 11) is 0. The molecule has 6 nitrogen and oxygen atoms in total. The summed E-state index contributed by atoms with van der Waals surface area (Å²) in [5, 5.41) is 0. The van der Waals surface area contributed by atoms with Gasteiger partial charge in [0.1, 0.15) is 11.6 Å². The highest BCUT2D eigenvalue weighted by molar-refractivity contribution is 7.07. The topological polar surface area (TPSA) is 69.9 Å². The van der Waals surface area contributed by atoms with Crippen molar-refractivity contribution in [2.75, 3.05) is 6.61 Å². The van der Waals surface area contributed by atoms with Crippen molar-refractivity contribution in [1.82, 2.24) is 4.57 Å². The Kier molecular flexibility index (Phi) is 6.79. The number of thiazole rings is 1. The van der Waals surface area contributed by atoms with Gasteiger partial charge in [0, 0.05) is 5.56 Å². The number of nitrogens with zero attached hydrogens (tertiary/aromatic N) is 2. The van der Waals surface area contributed by atoms with E-state index in [-0.39, 0.29) is 23.8 Å². The largest absolute Gasteiger partial charge is 0.490 e. The molecule has 8 heteroatoms. The molecule has 1 aromatic heterocycles. The average molecular weight is 481 g/mol. The van der Waals surface area contributed by atoms with Crippen LogP contribution in [0.4, 0.5) is 4.39 Å². The van der Waals surface area contributed by atoms with Crippen LogP contribution in [-0.2, 0) is 9.53 Å². The van der Waals surface area contributed by atoms with Gasteiger partial charge in [-0.1, -0.05) is 41.7 Å². The zero-order valence-corrected chi connectivity index (χ0v) is 20.2. The molecule has 2 heterocycles. The number of fused-ring (bicyclic) bond motifs is 1. The van der Waals surface area contributed by atoms with Crippen LogP contribution in [0.25, 0.3) is 6.08 Å². The highest BCUT2D eigenvalue weighted by Crippen LogP contribution is 2.30. The normalized spacial score (nSPS) is 15.8. The Morgan fingerprint density at radius 3 is 2.59 bits per heavy atom. The van der Waals surface area contributed by atoms with Crippen LogP contribution in [0, 0.1) is 5.82 Å². The minimum Gasteiger partial charge on any atom is -0.490 e. The van der Waals surface area contributed by atoms with E-state index in [4.69, 9.17) is 9.47 Å². The standard InChI is InChI=1S/C26H25FN2O4S/c1-5-32-25(31)22-16(4)28-26-29(23(22)17-10-12-19(27)13-11-17)24(30)21(34-26)14-18-8-6-7-9-20(18)33-15(2)3/h6-15,23H,5H2,1-4H3/b21-14-/t23-/m0/s1. The summed E-state index contributed by atoms with van der Waals surface area (Å²) >= 11 is 1.23. The number of hydrogen-bond donors (Lipinski definition) is 0. The van der Waals surface area contributed by atoms with Gasteiger partial charge in [-0.15, -0.1) is 0 Å². The van der Waals surface area contributed by atoms with E-state index < -0.39 is 17.8 Å². The Morgan fingerprint density at radius 1 is 1.21 bits per heavy atom. The Balaban J connectivity index is 1.93. The number of rotatable bonds is 6. The van der Waals surface area contributed by atoms with Gasteiger partial charge in [-0.3, -0.25) is 9.36 Å². The molecule has 0 saturated carbocycles. The van der Waals surface area contributed by atoms with Gasteiger partial charge in [0.15, 0.2) is 4.80 Å². The van der Waals surface area contributed by atoms with Crippen molar-refractivity contribution in [2.24, 2.45) is 4.99 Å². The van der Waals surface area contributed by atoms with Gasteiger partial charge < -0.3 is 9.47 Å². The van der Waals surface area contributed by atoms with Crippen molar-refractivity contribution in [3.05, 3.63) is 96.4 Å². The van der Waals surface area contributed by atoms with Gasteiger partial charge in [-0.25, -0.2) is 14.2 Å². The van der Waals surface area contributed by atoms with Gasteiger partial charge in [-0.05, 0) is 57.5 Å². The Morgan fingerprint density at radius 2 is 1.91 bits per heavy atom. The number of benzene rings is 2. The molecule has 4 rings (SSSR count). The maximum atomic E-state index is 13.7. The summed E-state index contributed by atoms with van der Waals surface area (Å²) in [4.78, 5) is 31.5. The zero-order chi connectivity index (χ0) is 24.4. The third kappa shape index (κ3) is 4.59. The van der Waals surface area contributed by atoms with Crippen LogP contribution in [0.15, 0.2) is 69.6 Å². The second-order valence-electron chi connectivity index (χ2n) is 8.06. The van der Waals surface area contributed by atoms with E-state index in [1.165, 1.54) is 28.0 Å². The molecule has 0 bridgehead atoms. The van der Waals surface area contributed by atoms with Crippen molar-refractivity contribution in [2.45, 2.75) is 39.8 Å². The minimum atomic E-state index is -0.778. The van der Waals surface area contributed by atoms with E-state index in [0.29, 0.717) is 26.3 Å². The smallest absolute Gasteiger partial charge is 0.338 e. The number of carbonyl (C=O) groups excluding carboxylic acids is 1. The van der Waals surface area contributed by atoms with Gasteiger partial charge in [0.05, 0.1) is 34.6 Å². The van der Waals surface area contributed by atoms with E-state index in [2.05, 4.69) is 4.99 Å². The first-order valence-corrected chi connectivity index (χ1v) is 11.8. The quantitative estimate of drug-likeness (QED) is 0.504. The van der Waals surface area contributed by atoms with Crippen molar-refractivity contribution in [1.29, 1.82) is 0 Å². The molecule has 0 radical (unpaired) electrons. The SMILES string of the molecule is CCOC(=O)C1=C(C)N=c2s/c(=C\c3ccccc3OC(C)C)c(=O)n2[C@H]1c1ccc(F)cc1. The molecule has 0 spiro atoms. The summed E-state index contributed by atoms with van der Waals surface area (Å²) in [6.45, 7) is 7.49. The minimum absolute atomic E-state index is 0.0240. The van der Waals surface area contributed by atoms with Crippen LogP contribution in [0.2, 0.25) is 0 Å². The predicted molar refractivity (Wildman–Crippen MR) is 129 cm³/mol. The highest BCUT2D eigenvalue weighted by Gasteiger charge is 2.33. The summed E-state index contributed by atoms with van der Waals surface area (Å²) in [5.41, 5.74) is 1.78. The molecular weight excluding hydrogens is 455 g/mol.